The first-order chi connectivity index (χ1) is 29.8. The summed E-state index contributed by atoms with van der Waals surface area (Å²) in [5.74, 6) is 0. The molecule has 11 rings (SSSR count). The first-order valence-electron chi connectivity index (χ1n) is 20.6. The van der Waals surface area contributed by atoms with E-state index in [-0.39, 0.29) is 0 Å². The van der Waals surface area contributed by atoms with Gasteiger partial charge in [0.2, 0.25) is 0 Å². The molecular weight excluding hydrogens is 725 g/mol. The van der Waals surface area contributed by atoms with Gasteiger partial charge in [0.15, 0.2) is 0 Å². The Kier molecular flexibility index (Phi) is 8.87. The molecule has 0 aliphatic heterocycles. The standard InChI is InChI=1S/C58H40N2/c1-5-17-41(18-6-1)42-29-31-46(32-30-42)50-37-34-48(39-55(50)44-21-9-3-10-22-44)59(47-24-11-4-12-25-47)49-35-38-54-53-27-15-16-28-56(53)60(57(54)40-49)58-51-26-14-13-23-45(51)33-36-52(58)43-19-7-2-8-20-43/h1-40H. The van der Waals surface area contributed by atoms with Gasteiger partial charge in [-0.25, -0.2) is 0 Å². The van der Waals surface area contributed by atoms with Gasteiger partial charge in [-0.1, -0.05) is 200 Å². The molecule has 0 amide bonds. The molecule has 0 atom stereocenters. The van der Waals surface area contributed by atoms with E-state index < -0.39 is 0 Å². The van der Waals surface area contributed by atoms with Gasteiger partial charge in [0.25, 0.3) is 0 Å². The number of benzene rings is 10. The smallest absolute Gasteiger partial charge is 0.0618 e. The van der Waals surface area contributed by atoms with Crippen LogP contribution in [-0.4, -0.2) is 4.57 Å². The van der Waals surface area contributed by atoms with E-state index in [4.69, 9.17) is 0 Å². The molecule has 2 heteroatoms. The lowest BCUT2D eigenvalue weighted by Gasteiger charge is -2.27. The quantitative estimate of drug-likeness (QED) is 0.150. The van der Waals surface area contributed by atoms with Crippen LogP contribution in [0.3, 0.4) is 0 Å². The predicted molar refractivity (Wildman–Crippen MR) is 255 cm³/mol. The third kappa shape index (κ3) is 6.23. The van der Waals surface area contributed by atoms with Crippen molar-refractivity contribution in [3.63, 3.8) is 0 Å². The molecule has 0 saturated carbocycles. The van der Waals surface area contributed by atoms with Gasteiger partial charge in [-0.15, -0.1) is 0 Å². The van der Waals surface area contributed by atoms with Gasteiger partial charge in [-0.05, 0) is 86.8 Å². The van der Waals surface area contributed by atoms with Gasteiger partial charge in [-0.3, -0.25) is 0 Å². The van der Waals surface area contributed by atoms with Gasteiger partial charge in [0.05, 0.1) is 16.7 Å². The van der Waals surface area contributed by atoms with Gasteiger partial charge in [0, 0.05) is 38.8 Å². The Hall–Kier alpha value is -7.94. The Morgan fingerprint density at radius 3 is 1.47 bits per heavy atom. The van der Waals surface area contributed by atoms with Crippen molar-refractivity contribution in [2.75, 3.05) is 4.90 Å². The second kappa shape index (κ2) is 15.1. The van der Waals surface area contributed by atoms with E-state index >= 15 is 0 Å². The molecule has 0 aliphatic carbocycles. The molecule has 0 fully saturated rings. The summed E-state index contributed by atoms with van der Waals surface area (Å²) >= 11 is 0. The zero-order valence-corrected chi connectivity index (χ0v) is 33.0. The molecule has 0 unspecified atom stereocenters. The lowest BCUT2D eigenvalue weighted by molar-refractivity contribution is 1.19. The molecule has 0 radical (unpaired) electrons. The van der Waals surface area contributed by atoms with E-state index in [1.165, 1.54) is 77.3 Å². The second-order valence-corrected chi connectivity index (χ2v) is 15.3. The zero-order valence-electron chi connectivity index (χ0n) is 33.0. The van der Waals surface area contributed by atoms with Crippen molar-refractivity contribution < 1.29 is 0 Å². The van der Waals surface area contributed by atoms with E-state index in [9.17, 15) is 0 Å². The average molecular weight is 765 g/mol. The normalized spacial score (nSPS) is 11.3. The highest BCUT2D eigenvalue weighted by atomic mass is 15.1. The SMILES string of the molecule is c1ccc(-c2ccc(-c3ccc(N(c4ccccc4)c4ccc5c6ccccc6n(-c6c(-c7ccccc7)ccc7ccccc67)c5c4)cc3-c3ccccc3)cc2)cc1. The summed E-state index contributed by atoms with van der Waals surface area (Å²) in [5, 5.41) is 4.87. The van der Waals surface area contributed by atoms with Crippen LogP contribution in [-0.2, 0) is 0 Å². The van der Waals surface area contributed by atoms with E-state index in [1.54, 1.807) is 0 Å². The van der Waals surface area contributed by atoms with Gasteiger partial charge >= 0.3 is 0 Å². The third-order valence-electron chi connectivity index (χ3n) is 11.8. The Labute approximate surface area is 350 Å². The molecule has 0 bridgehead atoms. The molecule has 0 saturated heterocycles. The molecule has 2 nitrogen and oxygen atoms in total. The maximum atomic E-state index is 2.50. The molecule has 1 aromatic heterocycles. The summed E-state index contributed by atoms with van der Waals surface area (Å²) in [7, 11) is 0. The second-order valence-electron chi connectivity index (χ2n) is 15.3. The maximum Gasteiger partial charge on any atom is 0.0618 e. The molecular formula is C58H40N2. The predicted octanol–water partition coefficient (Wildman–Crippen LogP) is 16.1. The topological polar surface area (TPSA) is 8.17 Å². The monoisotopic (exact) mass is 764 g/mol. The van der Waals surface area contributed by atoms with Crippen LogP contribution in [0.5, 0.6) is 0 Å². The minimum atomic E-state index is 1.08. The Bertz CT molecular complexity index is 3280. The van der Waals surface area contributed by atoms with Gasteiger partial charge < -0.3 is 9.47 Å². The van der Waals surface area contributed by atoms with Crippen molar-refractivity contribution in [3.05, 3.63) is 243 Å². The summed E-state index contributed by atoms with van der Waals surface area (Å²) in [6.45, 7) is 0. The van der Waals surface area contributed by atoms with Crippen LogP contribution in [0.2, 0.25) is 0 Å². The Balaban J connectivity index is 1.13. The summed E-state index contributed by atoms with van der Waals surface area (Å²) in [5.41, 5.74) is 16.3. The lowest BCUT2D eigenvalue weighted by Crippen LogP contribution is -2.10. The molecule has 10 aromatic carbocycles. The summed E-state index contributed by atoms with van der Waals surface area (Å²) < 4.78 is 2.50. The van der Waals surface area contributed by atoms with Gasteiger partial charge in [0.1, 0.15) is 0 Å². The summed E-state index contributed by atoms with van der Waals surface area (Å²) in [4.78, 5) is 2.40. The fraction of sp³-hybridized carbons (Fsp3) is 0. The van der Waals surface area contributed by atoms with Crippen LogP contribution >= 0.6 is 0 Å². The van der Waals surface area contributed by atoms with Crippen molar-refractivity contribution >= 4 is 49.6 Å². The molecule has 1 heterocycles. The number of anilines is 3. The van der Waals surface area contributed by atoms with E-state index in [0.29, 0.717) is 0 Å². The van der Waals surface area contributed by atoms with Crippen molar-refractivity contribution in [2.45, 2.75) is 0 Å². The van der Waals surface area contributed by atoms with E-state index in [2.05, 4.69) is 252 Å². The molecule has 0 aliphatic rings. The lowest BCUT2D eigenvalue weighted by atomic mass is 9.92. The summed E-state index contributed by atoms with van der Waals surface area (Å²) in [6, 6.07) is 87.9. The highest BCUT2D eigenvalue weighted by Crippen LogP contribution is 2.45. The number of rotatable bonds is 8. The first-order valence-corrected chi connectivity index (χ1v) is 20.6. The number of hydrogen-bond acceptors (Lipinski definition) is 1. The number of hydrogen-bond donors (Lipinski definition) is 0. The first kappa shape index (κ1) is 35.2. The zero-order chi connectivity index (χ0) is 39.8. The molecule has 0 spiro atoms. The van der Waals surface area contributed by atoms with Crippen molar-refractivity contribution in [2.24, 2.45) is 0 Å². The molecule has 60 heavy (non-hydrogen) atoms. The fourth-order valence-corrected chi connectivity index (χ4v) is 8.96. The minimum Gasteiger partial charge on any atom is -0.310 e. The highest BCUT2D eigenvalue weighted by Gasteiger charge is 2.22. The Morgan fingerprint density at radius 1 is 0.267 bits per heavy atom. The van der Waals surface area contributed by atoms with Crippen LogP contribution in [0, 0.1) is 0 Å². The van der Waals surface area contributed by atoms with Crippen LogP contribution in [0.1, 0.15) is 0 Å². The van der Waals surface area contributed by atoms with Crippen molar-refractivity contribution in [3.8, 4) is 50.2 Å². The van der Waals surface area contributed by atoms with E-state index in [1.807, 2.05) is 0 Å². The molecule has 282 valence electrons. The number of nitrogens with zero attached hydrogens (tertiary/aromatic N) is 2. The largest absolute Gasteiger partial charge is 0.310 e. The van der Waals surface area contributed by atoms with Crippen molar-refractivity contribution in [1.29, 1.82) is 0 Å². The van der Waals surface area contributed by atoms with Crippen LogP contribution in [0.4, 0.5) is 17.1 Å². The summed E-state index contributed by atoms with van der Waals surface area (Å²) in [6.07, 6.45) is 0. The van der Waals surface area contributed by atoms with Crippen LogP contribution in [0.25, 0.3) is 82.8 Å². The minimum absolute atomic E-state index is 1.08. The van der Waals surface area contributed by atoms with Crippen molar-refractivity contribution in [1.82, 2.24) is 4.57 Å². The highest BCUT2D eigenvalue weighted by molar-refractivity contribution is 6.13. The number of fused-ring (bicyclic) bond motifs is 4. The number of aromatic nitrogens is 1. The molecule has 11 aromatic rings. The molecule has 0 N–H and O–H groups in total. The van der Waals surface area contributed by atoms with Crippen LogP contribution in [0.15, 0.2) is 243 Å². The number of para-hydroxylation sites is 2. The Morgan fingerprint density at radius 2 is 0.750 bits per heavy atom. The fourth-order valence-electron chi connectivity index (χ4n) is 8.96. The average Bonchev–Trinajstić information content (AvgIpc) is 3.65. The maximum absolute atomic E-state index is 2.50. The van der Waals surface area contributed by atoms with Crippen LogP contribution < -0.4 is 4.90 Å². The van der Waals surface area contributed by atoms with E-state index in [0.717, 1.165) is 22.6 Å². The van der Waals surface area contributed by atoms with Gasteiger partial charge in [-0.2, -0.15) is 0 Å². The third-order valence-corrected chi connectivity index (χ3v) is 11.8.